The molecule has 1 rings (SSSR count). The summed E-state index contributed by atoms with van der Waals surface area (Å²) in [6.07, 6.45) is 8.63. The van der Waals surface area contributed by atoms with Crippen molar-refractivity contribution in [2.75, 3.05) is 0 Å². The number of hydrogen-bond donors (Lipinski definition) is 2. The molecule has 1 saturated carbocycles. The summed E-state index contributed by atoms with van der Waals surface area (Å²) >= 11 is 0. The summed E-state index contributed by atoms with van der Waals surface area (Å²) in [7, 11) is 0. The van der Waals surface area contributed by atoms with Crippen LogP contribution in [0.25, 0.3) is 0 Å². The zero-order valence-electron chi connectivity index (χ0n) is 9.76. The fraction of sp³-hybridized carbons (Fsp3) is 1.00. The molecule has 0 aromatic rings. The number of rotatable bonds is 4. The smallest absolute Gasteiger partial charge is 0.0108 e. The van der Waals surface area contributed by atoms with Gasteiger partial charge >= 0.3 is 0 Å². The Bertz CT molecular complexity index is 150. The standard InChI is InChI=1S/C12H26N2/c1-3-10(13)12(11(14)4-2)8-6-5-7-9-12/h10-11H,3-9,13-14H2,1-2H3. The van der Waals surface area contributed by atoms with Crippen molar-refractivity contribution in [3.05, 3.63) is 0 Å². The maximum Gasteiger partial charge on any atom is 0.0108 e. The van der Waals surface area contributed by atoms with Gasteiger partial charge in [-0.1, -0.05) is 33.1 Å². The van der Waals surface area contributed by atoms with Crippen LogP contribution in [-0.2, 0) is 0 Å². The maximum atomic E-state index is 6.28. The van der Waals surface area contributed by atoms with E-state index in [2.05, 4.69) is 13.8 Å². The van der Waals surface area contributed by atoms with Crippen molar-refractivity contribution in [3.8, 4) is 0 Å². The third kappa shape index (κ3) is 2.12. The van der Waals surface area contributed by atoms with Gasteiger partial charge in [-0.2, -0.15) is 0 Å². The first-order chi connectivity index (χ1) is 6.67. The van der Waals surface area contributed by atoms with Gasteiger partial charge in [0.15, 0.2) is 0 Å². The van der Waals surface area contributed by atoms with E-state index in [0.29, 0.717) is 12.1 Å². The summed E-state index contributed by atoms with van der Waals surface area (Å²) in [5.74, 6) is 0. The fourth-order valence-electron chi connectivity index (χ4n) is 3.04. The molecule has 2 atom stereocenters. The van der Waals surface area contributed by atoms with Crippen LogP contribution in [0, 0.1) is 5.41 Å². The van der Waals surface area contributed by atoms with Crippen LogP contribution in [0.3, 0.4) is 0 Å². The summed E-state index contributed by atoms with van der Waals surface area (Å²) < 4.78 is 0. The van der Waals surface area contributed by atoms with E-state index in [1.807, 2.05) is 0 Å². The highest BCUT2D eigenvalue weighted by atomic mass is 14.8. The van der Waals surface area contributed by atoms with Crippen molar-refractivity contribution < 1.29 is 0 Å². The first kappa shape index (κ1) is 12.0. The van der Waals surface area contributed by atoms with Crippen LogP contribution in [0.4, 0.5) is 0 Å². The zero-order chi connectivity index (χ0) is 10.6. The molecule has 1 fully saturated rings. The Morgan fingerprint density at radius 1 is 0.929 bits per heavy atom. The van der Waals surface area contributed by atoms with Gasteiger partial charge in [0.05, 0.1) is 0 Å². The van der Waals surface area contributed by atoms with Crippen LogP contribution in [-0.4, -0.2) is 12.1 Å². The van der Waals surface area contributed by atoms with Crippen LogP contribution in [0.15, 0.2) is 0 Å². The van der Waals surface area contributed by atoms with E-state index in [1.165, 1.54) is 32.1 Å². The number of hydrogen-bond acceptors (Lipinski definition) is 2. The molecule has 0 spiro atoms. The Morgan fingerprint density at radius 3 is 1.71 bits per heavy atom. The second kappa shape index (κ2) is 5.13. The van der Waals surface area contributed by atoms with Crippen LogP contribution >= 0.6 is 0 Å². The predicted octanol–water partition coefficient (Wildman–Crippen LogP) is 2.41. The second-order valence-electron chi connectivity index (χ2n) is 4.82. The minimum absolute atomic E-state index is 0.252. The molecule has 0 aromatic heterocycles. The normalized spacial score (nSPS) is 25.7. The highest BCUT2D eigenvalue weighted by Gasteiger charge is 2.41. The molecule has 1 aliphatic carbocycles. The SMILES string of the molecule is CCC(N)C1(C(N)CC)CCCCC1. The molecule has 0 bridgehead atoms. The highest BCUT2D eigenvalue weighted by molar-refractivity contribution is 4.97. The van der Waals surface area contributed by atoms with Gasteiger partial charge in [-0.05, 0) is 25.7 Å². The van der Waals surface area contributed by atoms with Crippen molar-refractivity contribution in [2.45, 2.75) is 70.9 Å². The van der Waals surface area contributed by atoms with Crippen LogP contribution < -0.4 is 11.5 Å². The Morgan fingerprint density at radius 2 is 1.36 bits per heavy atom. The summed E-state index contributed by atoms with van der Waals surface area (Å²) in [4.78, 5) is 0. The van der Waals surface area contributed by atoms with E-state index in [4.69, 9.17) is 11.5 Å². The molecule has 1 aliphatic rings. The first-order valence-electron chi connectivity index (χ1n) is 6.18. The van der Waals surface area contributed by atoms with Gasteiger partial charge in [-0.25, -0.2) is 0 Å². The van der Waals surface area contributed by atoms with Gasteiger partial charge in [0.25, 0.3) is 0 Å². The molecule has 2 nitrogen and oxygen atoms in total. The van der Waals surface area contributed by atoms with E-state index < -0.39 is 0 Å². The Kier molecular flexibility index (Phi) is 4.39. The quantitative estimate of drug-likeness (QED) is 0.729. The van der Waals surface area contributed by atoms with Crippen LogP contribution in [0.1, 0.15) is 58.8 Å². The molecular formula is C12H26N2. The lowest BCUT2D eigenvalue weighted by molar-refractivity contribution is 0.101. The van der Waals surface area contributed by atoms with Crippen LogP contribution in [0.5, 0.6) is 0 Å². The molecule has 4 N–H and O–H groups in total. The van der Waals surface area contributed by atoms with Gasteiger partial charge in [0.1, 0.15) is 0 Å². The molecule has 2 unspecified atom stereocenters. The summed E-state index contributed by atoms with van der Waals surface area (Å²) in [6.45, 7) is 4.37. The van der Waals surface area contributed by atoms with Crippen molar-refractivity contribution in [3.63, 3.8) is 0 Å². The molecule has 84 valence electrons. The fourth-order valence-corrected chi connectivity index (χ4v) is 3.04. The third-order valence-electron chi connectivity index (χ3n) is 4.14. The van der Waals surface area contributed by atoms with Crippen LogP contribution in [0.2, 0.25) is 0 Å². The monoisotopic (exact) mass is 198 g/mol. The Balaban J connectivity index is 2.76. The minimum Gasteiger partial charge on any atom is -0.327 e. The average Bonchev–Trinajstić information content (AvgIpc) is 2.27. The molecule has 0 heterocycles. The third-order valence-corrected chi connectivity index (χ3v) is 4.14. The van der Waals surface area contributed by atoms with Crippen molar-refractivity contribution >= 4 is 0 Å². The van der Waals surface area contributed by atoms with Crippen molar-refractivity contribution in [1.82, 2.24) is 0 Å². The first-order valence-corrected chi connectivity index (χ1v) is 6.18. The largest absolute Gasteiger partial charge is 0.327 e. The van der Waals surface area contributed by atoms with Crippen molar-refractivity contribution in [2.24, 2.45) is 16.9 Å². The van der Waals surface area contributed by atoms with Gasteiger partial charge in [-0.3, -0.25) is 0 Å². The molecule has 0 amide bonds. The van der Waals surface area contributed by atoms with Gasteiger partial charge in [0, 0.05) is 17.5 Å². The number of nitrogens with two attached hydrogens (primary N) is 2. The van der Waals surface area contributed by atoms with E-state index in [0.717, 1.165) is 12.8 Å². The summed E-state index contributed by atoms with van der Waals surface area (Å²) in [5, 5.41) is 0. The second-order valence-corrected chi connectivity index (χ2v) is 4.82. The molecule has 0 radical (unpaired) electrons. The van der Waals surface area contributed by atoms with E-state index in [1.54, 1.807) is 0 Å². The maximum absolute atomic E-state index is 6.28. The lowest BCUT2D eigenvalue weighted by Crippen LogP contribution is -2.54. The minimum atomic E-state index is 0.252. The highest BCUT2D eigenvalue weighted by Crippen LogP contribution is 2.42. The molecule has 0 saturated heterocycles. The van der Waals surface area contributed by atoms with Gasteiger partial charge in [-0.15, -0.1) is 0 Å². The zero-order valence-corrected chi connectivity index (χ0v) is 9.76. The molecule has 0 aliphatic heterocycles. The van der Waals surface area contributed by atoms with Gasteiger partial charge < -0.3 is 11.5 Å². The average molecular weight is 198 g/mol. The molecule has 14 heavy (non-hydrogen) atoms. The lowest BCUT2D eigenvalue weighted by Gasteiger charge is -2.46. The Hall–Kier alpha value is -0.0800. The van der Waals surface area contributed by atoms with E-state index in [-0.39, 0.29) is 5.41 Å². The predicted molar refractivity (Wildman–Crippen MR) is 62.1 cm³/mol. The van der Waals surface area contributed by atoms with E-state index in [9.17, 15) is 0 Å². The molecule has 0 aromatic carbocycles. The van der Waals surface area contributed by atoms with E-state index >= 15 is 0 Å². The summed E-state index contributed by atoms with van der Waals surface area (Å²) in [5.41, 5.74) is 12.8. The van der Waals surface area contributed by atoms with Gasteiger partial charge in [0.2, 0.25) is 0 Å². The molecule has 2 heteroatoms. The lowest BCUT2D eigenvalue weighted by atomic mass is 9.63. The van der Waals surface area contributed by atoms with Crippen molar-refractivity contribution in [1.29, 1.82) is 0 Å². The summed E-state index contributed by atoms with van der Waals surface area (Å²) in [6, 6.07) is 0.607. The molecular weight excluding hydrogens is 172 g/mol. The Labute approximate surface area is 88.4 Å². The topological polar surface area (TPSA) is 52.0 Å².